The van der Waals surface area contributed by atoms with Gasteiger partial charge < -0.3 is 14.8 Å². The third-order valence-electron chi connectivity index (χ3n) is 3.99. The standard InChI is InChI=1S/C18H22N2O4/c1-12-5-7-15(10-16(12)20(21)22)13(2)19-11-14-6-8-17(23-3)18(9-14)24-4/h5-10,13,19H,11H2,1-4H3. The Bertz CT molecular complexity index is 731. The number of ether oxygens (including phenoxy) is 2. The van der Waals surface area contributed by atoms with Crippen molar-refractivity contribution >= 4 is 5.69 Å². The summed E-state index contributed by atoms with van der Waals surface area (Å²) in [7, 11) is 3.20. The maximum Gasteiger partial charge on any atom is 0.272 e. The number of nitrogens with zero attached hydrogens (tertiary/aromatic N) is 1. The van der Waals surface area contributed by atoms with Crippen molar-refractivity contribution in [1.29, 1.82) is 0 Å². The van der Waals surface area contributed by atoms with Crippen molar-refractivity contribution in [1.82, 2.24) is 5.32 Å². The first-order valence-electron chi connectivity index (χ1n) is 7.65. The summed E-state index contributed by atoms with van der Waals surface area (Å²) >= 11 is 0. The lowest BCUT2D eigenvalue weighted by molar-refractivity contribution is -0.385. The van der Waals surface area contributed by atoms with Crippen LogP contribution in [-0.2, 0) is 6.54 Å². The number of hydrogen-bond donors (Lipinski definition) is 1. The quantitative estimate of drug-likeness (QED) is 0.618. The number of nitro groups is 1. The van der Waals surface area contributed by atoms with Gasteiger partial charge in [-0.25, -0.2) is 0 Å². The van der Waals surface area contributed by atoms with Gasteiger partial charge in [0.1, 0.15) is 0 Å². The molecule has 2 aromatic rings. The molecule has 2 aromatic carbocycles. The molecular weight excluding hydrogens is 308 g/mol. The molecule has 0 aliphatic carbocycles. The van der Waals surface area contributed by atoms with Gasteiger partial charge in [0.2, 0.25) is 0 Å². The van der Waals surface area contributed by atoms with Crippen LogP contribution < -0.4 is 14.8 Å². The van der Waals surface area contributed by atoms with Crippen molar-refractivity contribution in [3.8, 4) is 11.5 Å². The van der Waals surface area contributed by atoms with Crippen LogP contribution in [0, 0.1) is 17.0 Å². The van der Waals surface area contributed by atoms with Gasteiger partial charge in [-0.15, -0.1) is 0 Å². The third kappa shape index (κ3) is 4.02. The highest BCUT2D eigenvalue weighted by atomic mass is 16.6. The van der Waals surface area contributed by atoms with E-state index in [1.54, 1.807) is 33.3 Å². The van der Waals surface area contributed by atoms with E-state index >= 15 is 0 Å². The van der Waals surface area contributed by atoms with E-state index in [1.165, 1.54) is 0 Å². The highest BCUT2D eigenvalue weighted by Crippen LogP contribution is 2.28. The second kappa shape index (κ2) is 7.79. The molecule has 24 heavy (non-hydrogen) atoms. The fourth-order valence-corrected chi connectivity index (χ4v) is 2.47. The van der Waals surface area contributed by atoms with Gasteiger partial charge in [-0.3, -0.25) is 10.1 Å². The first-order valence-corrected chi connectivity index (χ1v) is 7.65. The van der Waals surface area contributed by atoms with Crippen molar-refractivity contribution in [2.24, 2.45) is 0 Å². The zero-order valence-electron chi connectivity index (χ0n) is 14.3. The average molecular weight is 330 g/mol. The largest absolute Gasteiger partial charge is 0.493 e. The Morgan fingerprint density at radius 1 is 1.12 bits per heavy atom. The summed E-state index contributed by atoms with van der Waals surface area (Å²) in [6.45, 7) is 4.34. The summed E-state index contributed by atoms with van der Waals surface area (Å²) in [5.74, 6) is 1.36. The SMILES string of the molecule is COc1ccc(CNC(C)c2ccc(C)c([N+](=O)[O-])c2)cc1OC. The zero-order valence-corrected chi connectivity index (χ0v) is 14.3. The van der Waals surface area contributed by atoms with Crippen molar-refractivity contribution in [2.75, 3.05) is 14.2 Å². The molecule has 0 spiro atoms. The van der Waals surface area contributed by atoms with Crippen LogP contribution in [0.3, 0.4) is 0 Å². The van der Waals surface area contributed by atoms with E-state index in [0.717, 1.165) is 11.1 Å². The van der Waals surface area contributed by atoms with Gasteiger partial charge in [-0.2, -0.15) is 0 Å². The number of rotatable bonds is 7. The molecule has 0 bridgehead atoms. The van der Waals surface area contributed by atoms with Gasteiger partial charge in [-0.05, 0) is 37.1 Å². The molecule has 0 radical (unpaired) electrons. The van der Waals surface area contributed by atoms with Gasteiger partial charge in [0.25, 0.3) is 5.69 Å². The smallest absolute Gasteiger partial charge is 0.272 e. The third-order valence-corrected chi connectivity index (χ3v) is 3.99. The Balaban J connectivity index is 2.09. The van der Waals surface area contributed by atoms with Crippen LogP contribution in [0.1, 0.15) is 29.7 Å². The number of methoxy groups -OCH3 is 2. The average Bonchev–Trinajstić information content (AvgIpc) is 2.59. The molecule has 2 rings (SSSR count). The van der Waals surface area contributed by atoms with E-state index in [-0.39, 0.29) is 16.7 Å². The second-order valence-corrected chi connectivity index (χ2v) is 5.59. The summed E-state index contributed by atoms with van der Waals surface area (Å²) in [4.78, 5) is 10.7. The molecule has 0 aromatic heterocycles. The molecule has 1 unspecified atom stereocenters. The Kier molecular flexibility index (Phi) is 5.76. The number of aryl methyl sites for hydroxylation is 1. The first kappa shape index (κ1) is 17.7. The van der Waals surface area contributed by atoms with Gasteiger partial charge >= 0.3 is 0 Å². The fraction of sp³-hybridized carbons (Fsp3) is 0.333. The summed E-state index contributed by atoms with van der Waals surface area (Å²) in [5.41, 5.74) is 2.73. The van der Waals surface area contributed by atoms with Crippen LogP contribution in [-0.4, -0.2) is 19.1 Å². The molecule has 0 aliphatic rings. The van der Waals surface area contributed by atoms with E-state index in [2.05, 4.69) is 5.32 Å². The topological polar surface area (TPSA) is 73.6 Å². The fourth-order valence-electron chi connectivity index (χ4n) is 2.47. The monoisotopic (exact) mass is 330 g/mol. The summed E-state index contributed by atoms with van der Waals surface area (Å²) in [6.07, 6.45) is 0. The van der Waals surface area contributed by atoms with Crippen LogP contribution in [0.5, 0.6) is 11.5 Å². The molecule has 0 saturated carbocycles. The Hall–Kier alpha value is -2.60. The Morgan fingerprint density at radius 3 is 2.46 bits per heavy atom. The van der Waals surface area contributed by atoms with Crippen molar-refractivity contribution < 1.29 is 14.4 Å². The van der Waals surface area contributed by atoms with E-state index < -0.39 is 0 Å². The molecule has 0 heterocycles. The molecule has 1 atom stereocenters. The predicted octanol–water partition coefficient (Wildman–Crippen LogP) is 3.77. The Morgan fingerprint density at radius 2 is 1.83 bits per heavy atom. The molecule has 0 fully saturated rings. The molecule has 6 heteroatoms. The van der Waals surface area contributed by atoms with Gasteiger partial charge in [0.05, 0.1) is 19.1 Å². The van der Waals surface area contributed by atoms with E-state index in [4.69, 9.17) is 9.47 Å². The van der Waals surface area contributed by atoms with Crippen molar-refractivity contribution in [2.45, 2.75) is 26.4 Å². The molecule has 128 valence electrons. The molecule has 0 saturated heterocycles. The van der Waals surface area contributed by atoms with Gasteiger partial charge in [-0.1, -0.05) is 18.2 Å². The van der Waals surface area contributed by atoms with Crippen molar-refractivity contribution in [3.63, 3.8) is 0 Å². The van der Waals surface area contributed by atoms with E-state index in [9.17, 15) is 10.1 Å². The zero-order chi connectivity index (χ0) is 17.7. The lowest BCUT2D eigenvalue weighted by Crippen LogP contribution is -2.18. The molecule has 0 aliphatic heterocycles. The Labute approximate surface area is 141 Å². The highest BCUT2D eigenvalue weighted by molar-refractivity contribution is 5.44. The molecule has 0 amide bonds. The van der Waals surface area contributed by atoms with E-state index in [0.29, 0.717) is 23.6 Å². The van der Waals surface area contributed by atoms with Crippen LogP contribution in [0.4, 0.5) is 5.69 Å². The van der Waals surface area contributed by atoms with E-state index in [1.807, 2.05) is 31.2 Å². The van der Waals surface area contributed by atoms with Crippen LogP contribution in [0.15, 0.2) is 36.4 Å². The van der Waals surface area contributed by atoms with Crippen molar-refractivity contribution in [3.05, 3.63) is 63.2 Å². The number of nitrogens with one attached hydrogen (secondary N) is 1. The minimum atomic E-state index is -0.347. The molecular formula is C18H22N2O4. The lowest BCUT2D eigenvalue weighted by Gasteiger charge is -2.16. The lowest BCUT2D eigenvalue weighted by atomic mass is 10.0. The maximum atomic E-state index is 11.1. The number of benzene rings is 2. The number of nitro benzene ring substituents is 1. The molecule has 1 N–H and O–H groups in total. The minimum Gasteiger partial charge on any atom is -0.493 e. The van der Waals surface area contributed by atoms with Crippen LogP contribution >= 0.6 is 0 Å². The normalized spacial score (nSPS) is 11.8. The highest BCUT2D eigenvalue weighted by Gasteiger charge is 2.14. The summed E-state index contributed by atoms with van der Waals surface area (Å²) < 4.78 is 10.5. The molecule has 6 nitrogen and oxygen atoms in total. The minimum absolute atomic E-state index is 0.0163. The van der Waals surface area contributed by atoms with Gasteiger partial charge in [0.15, 0.2) is 11.5 Å². The first-order chi connectivity index (χ1) is 11.5. The predicted molar refractivity (Wildman–Crippen MR) is 92.6 cm³/mol. The van der Waals surface area contributed by atoms with Crippen LogP contribution in [0.25, 0.3) is 0 Å². The summed E-state index contributed by atoms with van der Waals surface area (Å²) in [6, 6.07) is 11.0. The number of hydrogen-bond acceptors (Lipinski definition) is 5. The van der Waals surface area contributed by atoms with Gasteiger partial charge in [0, 0.05) is 24.2 Å². The van der Waals surface area contributed by atoms with Crippen LogP contribution in [0.2, 0.25) is 0 Å². The summed E-state index contributed by atoms with van der Waals surface area (Å²) in [5, 5.41) is 14.4. The maximum absolute atomic E-state index is 11.1. The second-order valence-electron chi connectivity index (χ2n) is 5.59.